The van der Waals surface area contributed by atoms with Gasteiger partial charge in [-0.3, -0.25) is 9.59 Å². The van der Waals surface area contributed by atoms with E-state index in [4.69, 9.17) is 5.11 Å². The molecule has 1 aromatic carbocycles. The molecule has 0 aliphatic heterocycles. The van der Waals surface area contributed by atoms with Crippen LogP contribution in [0.25, 0.3) is 0 Å². The van der Waals surface area contributed by atoms with Crippen LogP contribution in [0.15, 0.2) is 24.3 Å². The lowest BCUT2D eigenvalue weighted by atomic mass is 10.1. The van der Waals surface area contributed by atoms with Crippen LogP contribution < -0.4 is 5.32 Å². The van der Waals surface area contributed by atoms with E-state index in [2.05, 4.69) is 5.32 Å². The molecule has 1 aromatic rings. The van der Waals surface area contributed by atoms with E-state index < -0.39 is 23.8 Å². The third-order valence-electron chi connectivity index (χ3n) is 2.57. The first-order valence-electron chi connectivity index (χ1n) is 5.96. The maximum atomic E-state index is 12.4. The fourth-order valence-electron chi connectivity index (χ4n) is 1.56. The Morgan fingerprint density at radius 2 is 1.81 bits per heavy atom. The number of carbonyl (C=O) groups is 2. The van der Waals surface area contributed by atoms with Crippen molar-refractivity contribution < 1.29 is 27.9 Å². The summed E-state index contributed by atoms with van der Waals surface area (Å²) in [6.07, 6.45) is -4.39. The van der Waals surface area contributed by atoms with Gasteiger partial charge in [-0.2, -0.15) is 13.2 Å². The molecule has 0 heterocycles. The largest absolute Gasteiger partial charge is 0.481 e. The number of nitrogens with one attached hydrogen (secondary N) is 1. The van der Waals surface area contributed by atoms with E-state index in [1.807, 2.05) is 0 Å². The second-order valence-corrected chi connectivity index (χ2v) is 5.28. The van der Waals surface area contributed by atoms with Crippen molar-refractivity contribution in [1.29, 1.82) is 0 Å². The molecule has 0 aliphatic rings. The van der Waals surface area contributed by atoms with Crippen LogP contribution in [-0.4, -0.2) is 28.5 Å². The Kier molecular flexibility index (Phi) is 6.07. The molecule has 1 amide bonds. The summed E-state index contributed by atoms with van der Waals surface area (Å²) in [6.45, 7) is 1.64. The van der Waals surface area contributed by atoms with Crippen molar-refractivity contribution in [2.45, 2.75) is 19.1 Å². The molecular weight excluding hydrogens is 307 g/mol. The van der Waals surface area contributed by atoms with Gasteiger partial charge < -0.3 is 10.4 Å². The van der Waals surface area contributed by atoms with Crippen molar-refractivity contribution in [2.24, 2.45) is 0 Å². The number of carboxylic acids is 1. The van der Waals surface area contributed by atoms with Crippen molar-refractivity contribution in [3.8, 4) is 0 Å². The number of carboxylic acid groups (broad SMARTS) is 1. The van der Waals surface area contributed by atoms with Crippen LogP contribution in [0, 0.1) is 0 Å². The molecule has 1 rings (SSSR count). The van der Waals surface area contributed by atoms with Crippen LogP contribution >= 0.6 is 11.8 Å². The van der Waals surface area contributed by atoms with Crippen LogP contribution in [0.2, 0.25) is 0 Å². The van der Waals surface area contributed by atoms with Gasteiger partial charge in [-0.25, -0.2) is 0 Å². The van der Waals surface area contributed by atoms with Gasteiger partial charge in [-0.15, -0.1) is 11.8 Å². The van der Waals surface area contributed by atoms with Crippen molar-refractivity contribution in [1.82, 2.24) is 5.32 Å². The summed E-state index contributed by atoms with van der Waals surface area (Å²) in [5.74, 6) is -1.57. The number of alkyl halides is 3. The Hall–Kier alpha value is -1.70. The van der Waals surface area contributed by atoms with Gasteiger partial charge in [0, 0.05) is 0 Å². The SMILES string of the molecule is CC(NC(=O)CSCC(=O)O)c1ccc(C(F)(F)F)cc1. The smallest absolute Gasteiger partial charge is 0.416 e. The van der Waals surface area contributed by atoms with Crippen LogP contribution in [0.3, 0.4) is 0 Å². The molecule has 0 aliphatic carbocycles. The standard InChI is InChI=1S/C13H14F3NO3S/c1-8(17-11(18)6-21-7-12(19)20)9-2-4-10(5-3-9)13(14,15)16/h2-5,8H,6-7H2,1H3,(H,17,18)(H,19,20). The molecule has 2 N–H and O–H groups in total. The highest BCUT2D eigenvalue weighted by molar-refractivity contribution is 8.00. The maximum absolute atomic E-state index is 12.4. The molecule has 0 aromatic heterocycles. The number of hydrogen-bond donors (Lipinski definition) is 2. The summed E-state index contributed by atoms with van der Waals surface area (Å²) < 4.78 is 37.2. The summed E-state index contributed by atoms with van der Waals surface area (Å²) in [5.41, 5.74) is -0.207. The molecule has 0 radical (unpaired) electrons. The highest BCUT2D eigenvalue weighted by Gasteiger charge is 2.30. The third-order valence-corrected chi connectivity index (χ3v) is 3.49. The number of benzene rings is 1. The predicted molar refractivity (Wildman–Crippen MR) is 73.0 cm³/mol. The Morgan fingerprint density at radius 3 is 2.29 bits per heavy atom. The molecule has 0 bridgehead atoms. The topological polar surface area (TPSA) is 66.4 Å². The van der Waals surface area contributed by atoms with Crippen molar-refractivity contribution in [2.75, 3.05) is 11.5 Å². The Bertz CT molecular complexity index is 502. The number of aliphatic carboxylic acids is 1. The maximum Gasteiger partial charge on any atom is 0.416 e. The number of halogens is 3. The van der Waals surface area contributed by atoms with E-state index in [1.165, 1.54) is 12.1 Å². The van der Waals surface area contributed by atoms with Gasteiger partial charge in [-0.05, 0) is 24.6 Å². The average Bonchev–Trinajstić information content (AvgIpc) is 2.37. The summed E-state index contributed by atoms with van der Waals surface area (Å²) in [5, 5.41) is 11.0. The molecule has 116 valence electrons. The number of amides is 1. The molecule has 1 atom stereocenters. The second-order valence-electron chi connectivity index (χ2n) is 4.30. The average molecular weight is 321 g/mol. The number of hydrogen-bond acceptors (Lipinski definition) is 3. The molecule has 0 fully saturated rings. The molecule has 0 saturated heterocycles. The van der Waals surface area contributed by atoms with E-state index in [-0.39, 0.29) is 17.4 Å². The van der Waals surface area contributed by atoms with E-state index in [0.29, 0.717) is 5.56 Å². The Morgan fingerprint density at radius 1 is 1.24 bits per heavy atom. The van der Waals surface area contributed by atoms with Crippen LogP contribution in [0.5, 0.6) is 0 Å². The molecule has 0 spiro atoms. The summed E-state index contributed by atoms with van der Waals surface area (Å²) in [4.78, 5) is 21.8. The van der Waals surface area contributed by atoms with E-state index >= 15 is 0 Å². The number of carbonyl (C=O) groups excluding carboxylic acids is 1. The monoisotopic (exact) mass is 321 g/mol. The lowest BCUT2D eigenvalue weighted by Gasteiger charge is -2.15. The highest BCUT2D eigenvalue weighted by atomic mass is 32.2. The fraction of sp³-hybridized carbons (Fsp3) is 0.385. The lowest BCUT2D eigenvalue weighted by Crippen LogP contribution is -2.28. The molecule has 0 saturated carbocycles. The molecular formula is C13H14F3NO3S. The van der Waals surface area contributed by atoms with Crippen molar-refractivity contribution >= 4 is 23.6 Å². The first kappa shape index (κ1) is 17.4. The minimum atomic E-state index is -4.39. The van der Waals surface area contributed by atoms with Gasteiger partial charge in [0.2, 0.25) is 5.91 Å². The molecule has 4 nitrogen and oxygen atoms in total. The van der Waals surface area contributed by atoms with Gasteiger partial charge in [0.1, 0.15) is 0 Å². The Balaban J connectivity index is 2.53. The van der Waals surface area contributed by atoms with Crippen LogP contribution in [0.1, 0.15) is 24.1 Å². The van der Waals surface area contributed by atoms with Crippen LogP contribution in [-0.2, 0) is 15.8 Å². The highest BCUT2D eigenvalue weighted by Crippen LogP contribution is 2.29. The molecule has 8 heteroatoms. The normalized spacial score (nSPS) is 12.8. The zero-order chi connectivity index (χ0) is 16.0. The summed E-state index contributed by atoms with van der Waals surface area (Å²) in [7, 11) is 0. The van der Waals surface area contributed by atoms with E-state index in [0.717, 1.165) is 23.9 Å². The van der Waals surface area contributed by atoms with Gasteiger partial charge in [0.15, 0.2) is 0 Å². The van der Waals surface area contributed by atoms with Gasteiger partial charge in [0.05, 0.1) is 23.1 Å². The predicted octanol–water partition coefficient (Wildman–Crippen LogP) is 2.70. The van der Waals surface area contributed by atoms with Crippen molar-refractivity contribution in [3.05, 3.63) is 35.4 Å². The van der Waals surface area contributed by atoms with E-state index in [1.54, 1.807) is 6.92 Å². The fourth-order valence-corrected chi connectivity index (χ4v) is 2.10. The second kappa shape index (κ2) is 7.35. The zero-order valence-electron chi connectivity index (χ0n) is 11.1. The van der Waals surface area contributed by atoms with Gasteiger partial charge in [-0.1, -0.05) is 12.1 Å². The van der Waals surface area contributed by atoms with Gasteiger partial charge >= 0.3 is 12.1 Å². The third kappa shape index (κ3) is 6.07. The zero-order valence-corrected chi connectivity index (χ0v) is 11.9. The number of thioether (sulfide) groups is 1. The molecule has 21 heavy (non-hydrogen) atoms. The quantitative estimate of drug-likeness (QED) is 0.845. The first-order valence-corrected chi connectivity index (χ1v) is 7.11. The number of rotatable bonds is 6. The van der Waals surface area contributed by atoms with E-state index in [9.17, 15) is 22.8 Å². The van der Waals surface area contributed by atoms with Gasteiger partial charge in [0.25, 0.3) is 0 Å². The van der Waals surface area contributed by atoms with Crippen molar-refractivity contribution in [3.63, 3.8) is 0 Å². The summed E-state index contributed by atoms with van der Waals surface area (Å²) >= 11 is 0.952. The minimum absolute atomic E-state index is 0.0166. The Labute approximate surface area is 123 Å². The lowest BCUT2D eigenvalue weighted by molar-refractivity contribution is -0.137. The summed E-state index contributed by atoms with van der Waals surface area (Å²) in [6, 6.07) is 4.07. The minimum Gasteiger partial charge on any atom is -0.481 e. The molecule has 1 unspecified atom stereocenters. The first-order chi connectivity index (χ1) is 9.70. The van der Waals surface area contributed by atoms with Crippen LogP contribution in [0.4, 0.5) is 13.2 Å².